The summed E-state index contributed by atoms with van der Waals surface area (Å²) in [5.74, 6) is 0. The molecule has 0 fully saturated rings. The van der Waals surface area contributed by atoms with Crippen molar-refractivity contribution in [3.8, 4) is 11.3 Å². The van der Waals surface area contributed by atoms with Crippen molar-refractivity contribution in [3.63, 3.8) is 0 Å². The fraction of sp³-hybridized carbons (Fsp3) is 0.211. The highest BCUT2D eigenvalue weighted by Gasteiger charge is 2.27. The Balaban J connectivity index is 1.92. The standard InChI is InChI=1S/C19H19N3/c1-12-7-9-15(10-8-12)19-20-18-13(2)5-4-6-16(18)17-11-14(3)21-22(17)19/h4-11,19-20H,1-3H3. The van der Waals surface area contributed by atoms with Gasteiger partial charge in [-0.25, -0.2) is 4.68 Å². The van der Waals surface area contributed by atoms with Crippen LogP contribution in [0.2, 0.25) is 0 Å². The third-order valence-electron chi connectivity index (χ3n) is 4.33. The zero-order valence-corrected chi connectivity index (χ0v) is 13.1. The Kier molecular flexibility index (Phi) is 2.83. The number of hydrogen-bond acceptors (Lipinski definition) is 2. The van der Waals surface area contributed by atoms with E-state index in [4.69, 9.17) is 5.10 Å². The molecule has 3 heteroatoms. The summed E-state index contributed by atoms with van der Waals surface area (Å²) in [6.45, 7) is 6.31. The van der Waals surface area contributed by atoms with Gasteiger partial charge in [0.25, 0.3) is 0 Å². The highest BCUT2D eigenvalue weighted by atomic mass is 15.4. The SMILES string of the molecule is Cc1ccc(C2Nc3c(C)cccc3-c3cc(C)nn32)cc1. The highest BCUT2D eigenvalue weighted by Crippen LogP contribution is 2.40. The van der Waals surface area contributed by atoms with E-state index < -0.39 is 0 Å². The Bertz CT molecular complexity index is 844. The molecule has 1 N–H and O–H groups in total. The smallest absolute Gasteiger partial charge is 0.147 e. The topological polar surface area (TPSA) is 29.9 Å². The van der Waals surface area contributed by atoms with Gasteiger partial charge in [-0.05, 0) is 38.0 Å². The van der Waals surface area contributed by atoms with E-state index in [0.717, 1.165) is 5.69 Å². The first-order valence-corrected chi connectivity index (χ1v) is 7.63. The van der Waals surface area contributed by atoms with E-state index in [1.807, 2.05) is 6.92 Å². The minimum atomic E-state index is 0.0397. The molecule has 0 radical (unpaired) electrons. The maximum atomic E-state index is 4.71. The van der Waals surface area contributed by atoms with E-state index >= 15 is 0 Å². The average Bonchev–Trinajstić information content (AvgIpc) is 2.90. The van der Waals surface area contributed by atoms with E-state index in [9.17, 15) is 0 Å². The molecule has 0 saturated heterocycles. The summed E-state index contributed by atoms with van der Waals surface area (Å²) >= 11 is 0. The van der Waals surface area contributed by atoms with Crippen LogP contribution in [0.15, 0.2) is 48.5 Å². The number of anilines is 1. The zero-order valence-electron chi connectivity index (χ0n) is 13.1. The van der Waals surface area contributed by atoms with Crippen molar-refractivity contribution in [3.05, 3.63) is 70.9 Å². The van der Waals surface area contributed by atoms with Crippen molar-refractivity contribution in [2.45, 2.75) is 26.9 Å². The molecule has 0 bridgehead atoms. The zero-order chi connectivity index (χ0) is 15.3. The summed E-state index contributed by atoms with van der Waals surface area (Å²) in [4.78, 5) is 0. The lowest BCUT2D eigenvalue weighted by molar-refractivity contribution is 0.570. The van der Waals surface area contributed by atoms with Crippen LogP contribution in [-0.4, -0.2) is 9.78 Å². The molecule has 4 rings (SSSR count). The lowest BCUT2D eigenvalue weighted by atomic mass is 10.0. The van der Waals surface area contributed by atoms with Gasteiger partial charge in [0.05, 0.1) is 11.4 Å². The molecular weight excluding hydrogens is 270 g/mol. The molecule has 0 amide bonds. The molecule has 1 aromatic heterocycles. The largest absolute Gasteiger partial charge is 0.359 e. The van der Waals surface area contributed by atoms with Crippen molar-refractivity contribution in [2.75, 3.05) is 5.32 Å². The number of nitrogens with one attached hydrogen (secondary N) is 1. The minimum absolute atomic E-state index is 0.0397. The molecule has 2 aromatic carbocycles. The number of benzene rings is 2. The summed E-state index contributed by atoms with van der Waals surface area (Å²) in [5.41, 5.74) is 8.42. The van der Waals surface area contributed by atoms with Crippen LogP contribution in [-0.2, 0) is 0 Å². The predicted octanol–water partition coefficient (Wildman–Crippen LogP) is 4.45. The third-order valence-corrected chi connectivity index (χ3v) is 4.33. The quantitative estimate of drug-likeness (QED) is 0.717. The Labute approximate surface area is 130 Å². The first kappa shape index (κ1) is 13.1. The van der Waals surface area contributed by atoms with Crippen LogP contribution < -0.4 is 5.32 Å². The second kappa shape index (κ2) is 4.73. The molecule has 1 unspecified atom stereocenters. The Morgan fingerprint density at radius 3 is 2.55 bits per heavy atom. The Morgan fingerprint density at radius 2 is 1.77 bits per heavy atom. The predicted molar refractivity (Wildman–Crippen MR) is 90.1 cm³/mol. The van der Waals surface area contributed by atoms with Crippen molar-refractivity contribution in [1.29, 1.82) is 0 Å². The number of fused-ring (bicyclic) bond motifs is 3. The van der Waals surface area contributed by atoms with Crippen molar-refractivity contribution < 1.29 is 0 Å². The van der Waals surface area contributed by atoms with Gasteiger partial charge in [0.15, 0.2) is 0 Å². The lowest BCUT2D eigenvalue weighted by Crippen LogP contribution is -2.26. The van der Waals surface area contributed by atoms with E-state index in [1.165, 1.54) is 33.6 Å². The summed E-state index contributed by atoms with van der Waals surface area (Å²) in [6.07, 6.45) is 0.0397. The number of rotatable bonds is 1. The molecule has 1 atom stereocenters. The van der Waals surface area contributed by atoms with E-state index in [1.54, 1.807) is 0 Å². The monoisotopic (exact) mass is 289 g/mol. The van der Waals surface area contributed by atoms with Gasteiger partial charge in [-0.2, -0.15) is 5.10 Å². The molecule has 3 aromatic rings. The van der Waals surface area contributed by atoms with Gasteiger partial charge < -0.3 is 5.32 Å². The van der Waals surface area contributed by atoms with Gasteiger partial charge in [0, 0.05) is 11.3 Å². The number of aryl methyl sites for hydroxylation is 3. The number of nitrogens with zero attached hydrogens (tertiary/aromatic N) is 2. The number of hydrogen-bond donors (Lipinski definition) is 1. The van der Waals surface area contributed by atoms with Crippen molar-refractivity contribution in [2.24, 2.45) is 0 Å². The minimum Gasteiger partial charge on any atom is -0.359 e. The van der Waals surface area contributed by atoms with Crippen LogP contribution >= 0.6 is 0 Å². The Morgan fingerprint density at radius 1 is 1.00 bits per heavy atom. The average molecular weight is 289 g/mol. The maximum Gasteiger partial charge on any atom is 0.147 e. The molecule has 0 spiro atoms. The third kappa shape index (κ3) is 1.93. The van der Waals surface area contributed by atoms with Crippen LogP contribution in [0.3, 0.4) is 0 Å². The summed E-state index contributed by atoms with van der Waals surface area (Å²) < 4.78 is 2.10. The van der Waals surface area contributed by atoms with Crippen LogP contribution in [0, 0.1) is 20.8 Å². The van der Waals surface area contributed by atoms with Crippen LogP contribution in [0.1, 0.15) is 28.6 Å². The van der Waals surface area contributed by atoms with Crippen LogP contribution in [0.5, 0.6) is 0 Å². The maximum absolute atomic E-state index is 4.71. The molecule has 0 aliphatic carbocycles. The fourth-order valence-electron chi connectivity index (χ4n) is 3.16. The molecule has 22 heavy (non-hydrogen) atoms. The summed E-state index contributed by atoms with van der Waals surface area (Å²) in [6, 6.07) is 17.2. The molecule has 0 saturated carbocycles. The van der Waals surface area contributed by atoms with Gasteiger partial charge in [0.2, 0.25) is 0 Å². The molecule has 2 heterocycles. The summed E-state index contributed by atoms with van der Waals surface area (Å²) in [7, 11) is 0. The van der Waals surface area contributed by atoms with Gasteiger partial charge in [-0.3, -0.25) is 0 Å². The van der Waals surface area contributed by atoms with Gasteiger partial charge >= 0.3 is 0 Å². The molecule has 110 valence electrons. The molecule has 1 aliphatic heterocycles. The molecule has 1 aliphatic rings. The van der Waals surface area contributed by atoms with Crippen LogP contribution in [0.25, 0.3) is 11.3 Å². The number of aromatic nitrogens is 2. The first-order chi connectivity index (χ1) is 10.6. The Hall–Kier alpha value is -2.55. The van der Waals surface area contributed by atoms with Crippen LogP contribution in [0.4, 0.5) is 5.69 Å². The second-order valence-electron chi connectivity index (χ2n) is 6.07. The first-order valence-electron chi connectivity index (χ1n) is 7.63. The van der Waals surface area contributed by atoms with Crippen molar-refractivity contribution >= 4 is 5.69 Å². The lowest BCUT2D eigenvalue weighted by Gasteiger charge is -2.30. The second-order valence-corrected chi connectivity index (χ2v) is 6.07. The van der Waals surface area contributed by atoms with E-state index in [-0.39, 0.29) is 6.17 Å². The summed E-state index contributed by atoms with van der Waals surface area (Å²) in [5, 5.41) is 8.39. The van der Waals surface area contributed by atoms with Crippen molar-refractivity contribution in [1.82, 2.24) is 9.78 Å². The van der Waals surface area contributed by atoms with Gasteiger partial charge in [-0.1, -0.05) is 48.0 Å². The van der Waals surface area contributed by atoms with Gasteiger partial charge in [-0.15, -0.1) is 0 Å². The molecule has 3 nitrogen and oxygen atoms in total. The highest BCUT2D eigenvalue weighted by molar-refractivity contribution is 5.81. The van der Waals surface area contributed by atoms with E-state index in [2.05, 4.69) is 72.4 Å². The van der Waals surface area contributed by atoms with E-state index in [0.29, 0.717) is 0 Å². The number of para-hydroxylation sites is 1. The molecular formula is C19H19N3. The van der Waals surface area contributed by atoms with Gasteiger partial charge in [0.1, 0.15) is 6.17 Å². The fourth-order valence-corrected chi connectivity index (χ4v) is 3.16. The normalized spacial score (nSPS) is 15.9.